The number of hydrogen-bond donors (Lipinski definition) is 1. The molecule has 2 aromatic carbocycles. The topological polar surface area (TPSA) is 125 Å². The van der Waals surface area contributed by atoms with Crippen molar-refractivity contribution in [3.05, 3.63) is 47.0 Å². The van der Waals surface area contributed by atoms with E-state index in [2.05, 4.69) is 0 Å². The number of rotatable bonds is 8. The third-order valence-electron chi connectivity index (χ3n) is 4.95. The second kappa shape index (κ2) is 8.46. The Bertz CT molecular complexity index is 1140. The molecule has 0 bridgehead atoms. The van der Waals surface area contributed by atoms with Crippen molar-refractivity contribution in [2.45, 2.75) is 13.0 Å². The maximum Gasteiger partial charge on any atom is 0.264 e. The van der Waals surface area contributed by atoms with E-state index in [1.165, 1.54) is 26.4 Å². The summed E-state index contributed by atoms with van der Waals surface area (Å²) in [5.41, 5.74) is 6.59. The summed E-state index contributed by atoms with van der Waals surface area (Å²) >= 11 is 0. The molecule has 3 rings (SSSR count). The van der Waals surface area contributed by atoms with Crippen molar-refractivity contribution in [2.24, 2.45) is 0 Å². The summed E-state index contributed by atoms with van der Waals surface area (Å²) in [6.45, 7) is 2.14. The summed E-state index contributed by atoms with van der Waals surface area (Å²) in [5.74, 6) is -0.702. The van der Waals surface area contributed by atoms with Crippen molar-refractivity contribution in [1.82, 2.24) is 4.90 Å². The summed E-state index contributed by atoms with van der Waals surface area (Å²) in [6.07, 6.45) is 1.04. The molecule has 2 aromatic rings. The van der Waals surface area contributed by atoms with Crippen LogP contribution in [0.2, 0.25) is 0 Å². The highest BCUT2D eigenvalue weighted by Gasteiger charge is 2.43. The van der Waals surface area contributed by atoms with Gasteiger partial charge in [0.1, 0.15) is 15.6 Å². The molecule has 0 saturated carbocycles. The van der Waals surface area contributed by atoms with E-state index in [0.717, 1.165) is 11.2 Å². The molecule has 0 spiro atoms. The summed E-state index contributed by atoms with van der Waals surface area (Å²) in [6, 6.07) is 6.64. The van der Waals surface area contributed by atoms with Crippen LogP contribution in [0.4, 0.5) is 5.69 Å². The van der Waals surface area contributed by atoms with Crippen LogP contribution in [0.1, 0.15) is 39.2 Å². The highest BCUT2D eigenvalue weighted by Crippen LogP contribution is 2.40. The van der Waals surface area contributed by atoms with Gasteiger partial charge in [0.15, 0.2) is 11.5 Å². The number of nitrogens with two attached hydrogens (primary N) is 1. The number of methoxy groups -OCH3 is 2. The molecule has 0 unspecified atom stereocenters. The number of amides is 2. The number of anilines is 1. The van der Waals surface area contributed by atoms with E-state index in [1.807, 2.05) is 0 Å². The quantitative estimate of drug-likeness (QED) is 0.481. The lowest BCUT2D eigenvalue weighted by Crippen LogP contribution is -2.37. The second-order valence-corrected chi connectivity index (χ2v) is 9.22. The van der Waals surface area contributed by atoms with E-state index in [0.29, 0.717) is 23.7 Å². The first-order valence-electron chi connectivity index (χ1n) is 9.45. The molecule has 10 heteroatoms. The molecule has 0 aromatic heterocycles. The Morgan fingerprint density at radius 3 is 2.23 bits per heavy atom. The fourth-order valence-corrected chi connectivity index (χ4v) is 4.50. The number of fused-ring (bicyclic) bond motifs is 1. The Morgan fingerprint density at radius 2 is 1.65 bits per heavy atom. The van der Waals surface area contributed by atoms with E-state index in [-0.39, 0.29) is 22.6 Å². The maximum atomic E-state index is 13.2. The molecule has 0 radical (unpaired) electrons. The molecule has 1 aliphatic heterocycles. The van der Waals surface area contributed by atoms with Gasteiger partial charge < -0.3 is 19.9 Å². The Labute approximate surface area is 180 Å². The first-order valence-corrected chi connectivity index (χ1v) is 11.5. The van der Waals surface area contributed by atoms with Crippen molar-refractivity contribution in [3.63, 3.8) is 0 Å². The van der Waals surface area contributed by atoms with Crippen molar-refractivity contribution >= 4 is 27.3 Å². The summed E-state index contributed by atoms with van der Waals surface area (Å²) in [4.78, 5) is 27.3. The van der Waals surface area contributed by atoms with E-state index < -0.39 is 33.4 Å². The molecular formula is C21H24N2O7S. The first kappa shape index (κ1) is 22.4. The molecular weight excluding hydrogens is 424 g/mol. The second-order valence-electron chi connectivity index (χ2n) is 7.04. The number of imide groups is 1. The molecule has 0 aliphatic carbocycles. The molecule has 0 saturated heterocycles. The van der Waals surface area contributed by atoms with Crippen molar-refractivity contribution in [2.75, 3.05) is 38.6 Å². The van der Waals surface area contributed by atoms with Crippen molar-refractivity contribution < 1.29 is 32.2 Å². The average Bonchev–Trinajstić information content (AvgIpc) is 2.97. The number of nitrogens with zero attached hydrogens (tertiary/aromatic N) is 1. The minimum Gasteiger partial charge on any atom is -0.495 e. The van der Waals surface area contributed by atoms with Gasteiger partial charge in [0.2, 0.25) is 0 Å². The van der Waals surface area contributed by atoms with Crippen LogP contribution in [0, 0.1) is 0 Å². The van der Waals surface area contributed by atoms with Crippen LogP contribution < -0.4 is 19.9 Å². The lowest BCUT2D eigenvalue weighted by Gasteiger charge is -2.26. The van der Waals surface area contributed by atoms with Gasteiger partial charge in [-0.25, -0.2) is 8.42 Å². The van der Waals surface area contributed by atoms with Crippen molar-refractivity contribution in [3.8, 4) is 17.2 Å². The zero-order chi connectivity index (χ0) is 22.9. The third-order valence-corrected chi connectivity index (χ3v) is 5.87. The zero-order valence-electron chi connectivity index (χ0n) is 17.7. The van der Waals surface area contributed by atoms with E-state index >= 15 is 0 Å². The Hall–Kier alpha value is -3.27. The van der Waals surface area contributed by atoms with Crippen LogP contribution in [-0.4, -0.2) is 58.0 Å². The Morgan fingerprint density at radius 1 is 1.00 bits per heavy atom. The molecule has 2 N–H and O–H groups in total. The summed E-state index contributed by atoms with van der Waals surface area (Å²) in [7, 11) is -0.704. The fraction of sp³-hybridized carbons (Fsp3) is 0.333. The minimum atomic E-state index is -3.58. The van der Waals surface area contributed by atoms with Gasteiger partial charge in [0.05, 0.1) is 49.4 Å². The average molecular weight is 448 g/mol. The van der Waals surface area contributed by atoms with Gasteiger partial charge in [-0.05, 0) is 36.8 Å². The van der Waals surface area contributed by atoms with Crippen molar-refractivity contribution in [1.29, 1.82) is 0 Å². The van der Waals surface area contributed by atoms with Gasteiger partial charge in [-0.3, -0.25) is 14.5 Å². The molecule has 9 nitrogen and oxygen atoms in total. The highest BCUT2D eigenvalue weighted by molar-refractivity contribution is 7.90. The molecule has 1 heterocycles. The standard InChI is InChI=1S/C21H24N2O7S/c1-5-30-17-10-12(6-8-15(17)28-2)14(11-31(4,26)27)23-20(24)13-7-9-16(29-3)19(22)18(13)21(23)25/h6-10,14H,5,11,22H2,1-4H3/t14-/m1/s1. The molecule has 2 amide bonds. The zero-order valence-corrected chi connectivity index (χ0v) is 18.5. The van der Waals surface area contributed by atoms with Gasteiger partial charge in [0.25, 0.3) is 11.8 Å². The summed E-state index contributed by atoms with van der Waals surface area (Å²) < 4.78 is 40.4. The normalized spacial score (nSPS) is 14.4. The number of sulfone groups is 1. The fourth-order valence-electron chi connectivity index (χ4n) is 3.59. The van der Waals surface area contributed by atoms with E-state index in [1.54, 1.807) is 25.1 Å². The van der Waals surface area contributed by atoms with Crippen LogP contribution in [0.15, 0.2) is 30.3 Å². The molecule has 31 heavy (non-hydrogen) atoms. The molecule has 0 fully saturated rings. The Kier molecular flexibility index (Phi) is 6.12. The maximum absolute atomic E-state index is 13.2. The number of ether oxygens (including phenoxy) is 3. The number of hydrogen-bond acceptors (Lipinski definition) is 8. The summed E-state index contributed by atoms with van der Waals surface area (Å²) in [5, 5.41) is 0. The lowest BCUT2D eigenvalue weighted by atomic mass is 10.1. The number of benzene rings is 2. The monoisotopic (exact) mass is 448 g/mol. The largest absolute Gasteiger partial charge is 0.495 e. The number of carbonyl (C=O) groups excluding carboxylic acids is 2. The smallest absolute Gasteiger partial charge is 0.264 e. The van der Waals surface area contributed by atoms with E-state index in [9.17, 15) is 18.0 Å². The molecule has 1 aliphatic rings. The number of nitrogen functional groups attached to an aromatic ring is 1. The van der Waals surface area contributed by atoms with Gasteiger partial charge in [-0.1, -0.05) is 6.07 Å². The molecule has 1 atom stereocenters. The van der Waals surface area contributed by atoms with E-state index in [4.69, 9.17) is 19.9 Å². The predicted molar refractivity (Wildman–Crippen MR) is 115 cm³/mol. The van der Waals surface area contributed by atoms with Gasteiger partial charge in [-0.2, -0.15) is 0 Å². The van der Waals surface area contributed by atoms with Crippen LogP contribution in [0.5, 0.6) is 17.2 Å². The van der Waals surface area contributed by atoms with Gasteiger partial charge >= 0.3 is 0 Å². The third kappa shape index (κ3) is 4.15. The SMILES string of the molecule is CCOc1cc([C@@H](CS(C)(=O)=O)N2C(=O)c3ccc(OC)c(N)c3C2=O)ccc1OC. The van der Waals surface area contributed by atoms with Gasteiger partial charge in [-0.15, -0.1) is 0 Å². The molecule has 166 valence electrons. The highest BCUT2D eigenvalue weighted by atomic mass is 32.2. The Balaban J connectivity index is 2.14. The number of carbonyl (C=O) groups is 2. The van der Waals surface area contributed by atoms with Crippen LogP contribution in [-0.2, 0) is 9.84 Å². The van der Waals surface area contributed by atoms with Crippen LogP contribution >= 0.6 is 0 Å². The lowest BCUT2D eigenvalue weighted by molar-refractivity contribution is 0.0597. The van der Waals surface area contributed by atoms with Gasteiger partial charge in [0, 0.05) is 6.26 Å². The van der Waals surface area contributed by atoms with Crippen LogP contribution in [0.3, 0.4) is 0 Å². The minimum absolute atomic E-state index is 0.00129. The first-order chi connectivity index (χ1) is 14.6. The predicted octanol–water partition coefficient (Wildman–Crippen LogP) is 2.07. The van der Waals surface area contributed by atoms with Crippen LogP contribution in [0.25, 0.3) is 0 Å².